The Kier molecular flexibility index (Phi) is 4.58. The zero-order valence-electron chi connectivity index (χ0n) is 10.8. The molecule has 0 saturated heterocycles. The van der Waals surface area contributed by atoms with Gasteiger partial charge in [-0.2, -0.15) is 0 Å². The van der Waals surface area contributed by atoms with Crippen molar-refractivity contribution in [2.75, 3.05) is 12.4 Å². The van der Waals surface area contributed by atoms with Gasteiger partial charge in [0.25, 0.3) is 5.91 Å². The van der Waals surface area contributed by atoms with Crippen LogP contribution in [0.4, 0.5) is 0 Å². The summed E-state index contributed by atoms with van der Waals surface area (Å²) in [6.45, 7) is 1.07. The van der Waals surface area contributed by atoms with E-state index in [1.165, 1.54) is 0 Å². The maximum absolute atomic E-state index is 12.4. The molecule has 0 N–H and O–H groups in total. The van der Waals surface area contributed by atoms with Crippen LogP contribution < -0.4 is 0 Å². The highest BCUT2D eigenvalue weighted by Crippen LogP contribution is 2.09. The van der Waals surface area contributed by atoms with E-state index in [0.29, 0.717) is 24.7 Å². The van der Waals surface area contributed by atoms with Gasteiger partial charge in [-0.15, -0.1) is 11.6 Å². The normalized spacial score (nSPS) is 10.4. The molecule has 4 nitrogen and oxygen atoms in total. The van der Waals surface area contributed by atoms with Crippen LogP contribution in [0.25, 0.3) is 0 Å². The van der Waals surface area contributed by atoms with Crippen LogP contribution in [0.3, 0.4) is 0 Å². The Morgan fingerprint density at radius 3 is 2.68 bits per heavy atom. The Bertz CT molecular complexity index is 539. The molecule has 0 unspecified atom stereocenters. The molecule has 1 heterocycles. The van der Waals surface area contributed by atoms with Crippen molar-refractivity contribution in [2.45, 2.75) is 6.54 Å². The van der Waals surface area contributed by atoms with Crippen LogP contribution >= 0.6 is 11.6 Å². The molecule has 1 amide bonds. The summed E-state index contributed by atoms with van der Waals surface area (Å²) < 4.78 is 1.72. The Morgan fingerprint density at radius 1 is 1.37 bits per heavy atom. The average Bonchev–Trinajstić information content (AvgIpc) is 2.85. The summed E-state index contributed by atoms with van der Waals surface area (Å²) in [5.74, 6) is 0.362. The summed E-state index contributed by atoms with van der Waals surface area (Å²) in [6.07, 6.45) is 3.20. The lowest BCUT2D eigenvalue weighted by Gasteiger charge is -2.21. The highest BCUT2D eigenvalue weighted by molar-refractivity contribution is 6.18. The van der Waals surface area contributed by atoms with Crippen LogP contribution in [-0.4, -0.2) is 32.8 Å². The van der Waals surface area contributed by atoms with Gasteiger partial charge in [-0.1, -0.05) is 30.3 Å². The monoisotopic (exact) mass is 277 g/mol. The molecule has 0 aliphatic carbocycles. The Hall–Kier alpha value is -1.81. The minimum absolute atomic E-state index is 0.0514. The highest BCUT2D eigenvalue weighted by atomic mass is 35.5. The molecular weight excluding hydrogens is 262 g/mol. The van der Waals surface area contributed by atoms with Gasteiger partial charge in [0.15, 0.2) is 0 Å². The second-order valence-electron chi connectivity index (χ2n) is 4.29. The first-order chi connectivity index (χ1) is 9.22. The lowest BCUT2D eigenvalue weighted by molar-refractivity contribution is 0.0744. The van der Waals surface area contributed by atoms with Gasteiger partial charge in [0.05, 0.1) is 12.5 Å². The molecule has 0 aliphatic rings. The predicted molar refractivity (Wildman–Crippen MR) is 75.1 cm³/mol. The minimum atomic E-state index is -0.0514. The molecule has 0 radical (unpaired) electrons. The molecule has 2 rings (SSSR count). The first kappa shape index (κ1) is 13.6. The predicted octanol–water partition coefficient (Wildman–Crippen LogP) is 2.30. The molecule has 0 saturated carbocycles. The van der Waals surface area contributed by atoms with E-state index in [0.717, 1.165) is 5.56 Å². The first-order valence-electron chi connectivity index (χ1n) is 6.08. The number of hydrogen-bond acceptors (Lipinski definition) is 2. The van der Waals surface area contributed by atoms with Crippen molar-refractivity contribution >= 4 is 17.5 Å². The molecule has 0 atom stereocenters. The molecule has 19 heavy (non-hydrogen) atoms. The van der Waals surface area contributed by atoms with Crippen molar-refractivity contribution in [1.82, 2.24) is 14.5 Å². The van der Waals surface area contributed by atoms with Gasteiger partial charge < -0.3 is 9.47 Å². The van der Waals surface area contributed by atoms with E-state index >= 15 is 0 Å². The number of amides is 1. The summed E-state index contributed by atoms with van der Waals surface area (Å²) in [5.41, 5.74) is 1.66. The van der Waals surface area contributed by atoms with Crippen LogP contribution in [0.2, 0.25) is 0 Å². The number of carbonyl (C=O) groups excluding carboxylic acids is 1. The maximum Gasteiger partial charge on any atom is 0.272 e. The van der Waals surface area contributed by atoms with Crippen molar-refractivity contribution in [3.05, 3.63) is 54.1 Å². The number of alkyl halides is 1. The second kappa shape index (κ2) is 6.38. The van der Waals surface area contributed by atoms with E-state index in [2.05, 4.69) is 4.98 Å². The molecule has 0 bridgehead atoms. The van der Waals surface area contributed by atoms with E-state index in [1.807, 2.05) is 37.4 Å². The minimum Gasteiger partial charge on any atom is -0.332 e. The van der Waals surface area contributed by atoms with E-state index in [9.17, 15) is 4.79 Å². The summed E-state index contributed by atoms with van der Waals surface area (Å²) in [5, 5.41) is 0. The lowest BCUT2D eigenvalue weighted by Crippen LogP contribution is -2.33. The molecule has 100 valence electrons. The largest absolute Gasteiger partial charge is 0.332 e. The molecule has 1 aromatic carbocycles. The van der Waals surface area contributed by atoms with Crippen LogP contribution in [0.15, 0.2) is 42.9 Å². The summed E-state index contributed by atoms with van der Waals surface area (Å²) in [7, 11) is 1.81. The topological polar surface area (TPSA) is 38.1 Å². The van der Waals surface area contributed by atoms with Gasteiger partial charge in [0.2, 0.25) is 0 Å². The molecular formula is C14H16ClN3O. The third-order valence-electron chi connectivity index (χ3n) is 2.89. The number of halogens is 1. The zero-order valence-corrected chi connectivity index (χ0v) is 11.5. The number of aryl methyl sites for hydroxylation is 1. The smallest absolute Gasteiger partial charge is 0.272 e. The molecule has 0 fully saturated rings. The second-order valence-corrected chi connectivity index (χ2v) is 4.67. The Labute approximate surface area is 117 Å². The fourth-order valence-electron chi connectivity index (χ4n) is 1.88. The summed E-state index contributed by atoms with van der Waals surface area (Å²) in [6, 6.07) is 9.87. The molecule has 0 spiro atoms. The van der Waals surface area contributed by atoms with Crippen molar-refractivity contribution in [3.8, 4) is 0 Å². The van der Waals surface area contributed by atoms with Crippen LogP contribution in [0.5, 0.6) is 0 Å². The van der Waals surface area contributed by atoms with Gasteiger partial charge in [0, 0.05) is 26.0 Å². The number of aromatic nitrogens is 2. The van der Waals surface area contributed by atoms with Gasteiger partial charge in [-0.05, 0) is 5.56 Å². The summed E-state index contributed by atoms with van der Waals surface area (Å²) >= 11 is 5.79. The number of imidazole rings is 1. The molecule has 2 aromatic rings. The lowest BCUT2D eigenvalue weighted by atomic mass is 10.2. The fraction of sp³-hybridized carbons (Fsp3) is 0.286. The van der Waals surface area contributed by atoms with Gasteiger partial charge >= 0.3 is 0 Å². The van der Waals surface area contributed by atoms with Crippen molar-refractivity contribution in [2.24, 2.45) is 7.05 Å². The van der Waals surface area contributed by atoms with Crippen LogP contribution in [-0.2, 0) is 13.6 Å². The van der Waals surface area contributed by atoms with E-state index < -0.39 is 0 Å². The zero-order chi connectivity index (χ0) is 13.7. The van der Waals surface area contributed by atoms with Crippen LogP contribution in [0, 0.1) is 0 Å². The Balaban J connectivity index is 2.16. The van der Waals surface area contributed by atoms with Gasteiger partial charge in [-0.3, -0.25) is 4.79 Å². The van der Waals surface area contributed by atoms with E-state index in [4.69, 9.17) is 11.6 Å². The van der Waals surface area contributed by atoms with Crippen molar-refractivity contribution in [3.63, 3.8) is 0 Å². The Morgan fingerprint density at radius 2 is 2.11 bits per heavy atom. The fourth-order valence-corrected chi connectivity index (χ4v) is 2.09. The number of benzene rings is 1. The van der Waals surface area contributed by atoms with Crippen LogP contribution in [0.1, 0.15) is 16.1 Å². The first-order valence-corrected chi connectivity index (χ1v) is 6.61. The van der Waals surface area contributed by atoms with Crippen molar-refractivity contribution < 1.29 is 4.79 Å². The quantitative estimate of drug-likeness (QED) is 0.787. The average molecular weight is 278 g/mol. The SMILES string of the molecule is Cn1cncc1C(=O)N(CCCl)Cc1ccccc1. The maximum atomic E-state index is 12.4. The molecule has 0 aliphatic heterocycles. The molecule has 1 aromatic heterocycles. The summed E-state index contributed by atoms with van der Waals surface area (Å²) in [4.78, 5) is 18.1. The highest BCUT2D eigenvalue weighted by Gasteiger charge is 2.18. The molecule has 5 heteroatoms. The number of rotatable bonds is 5. The van der Waals surface area contributed by atoms with Gasteiger partial charge in [0.1, 0.15) is 5.69 Å². The third-order valence-corrected chi connectivity index (χ3v) is 3.06. The number of carbonyl (C=O) groups is 1. The van der Waals surface area contributed by atoms with E-state index in [1.54, 1.807) is 22.0 Å². The van der Waals surface area contributed by atoms with Gasteiger partial charge in [-0.25, -0.2) is 4.98 Å². The third kappa shape index (κ3) is 3.35. The van der Waals surface area contributed by atoms with E-state index in [-0.39, 0.29) is 5.91 Å². The van der Waals surface area contributed by atoms with Crippen molar-refractivity contribution in [1.29, 1.82) is 0 Å². The standard InChI is InChI=1S/C14H16ClN3O/c1-17-11-16-9-13(17)14(19)18(8-7-15)10-12-5-3-2-4-6-12/h2-6,9,11H,7-8,10H2,1H3. The number of hydrogen-bond donors (Lipinski definition) is 0. The number of nitrogens with zero attached hydrogens (tertiary/aromatic N) is 3.